The minimum Gasteiger partial charge on any atom is -0.508 e. The maximum atomic E-state index is 11.1. The summed E-state index contributed by atoms with van der Waals surface area (Å²) in [5.74, 6) is -1.56. The van der Waals surface area contributed by atoms with Crippen LogP contribution >= 0.6 is 0 Å². The SMILES string of the molecule is COC(=O)C(=O)Cc1ccccc1O. The van der Waals surface area contributed by atoms with Gasteiger partial charge >= 0.3 is 5.97 Å². The molecule has 0 spiro atoms. The van der Waals surface area contributed by atoms with Crippen LogP contribution in [0.5, 0.6) is 5.75 Å². The van der Waals surface area contributed by atoms with Crippen LogP contribution in [-0.2, 0) is 20.7 Å². The fraction of sp³-hybridized carbons (Fsp3) is 0.200. The van der Waals surface area contributed by atoms with Crippen molar-refractivity contribution in [2.75, 3.05) is 7.11 Å². The molecule has 0 atom stereocenters. The molecule has 0 aliphatic rings. The van der Waals surface area contributed by atoms with Gasteiger partial charge in [-0.1, -0.05) is 18.2 Å². The number of esters is 1. The van der Waals surface area contributed by atoms with E-state index >= 15 is 0 Å². The van der Waals surface area contributed by atoms with E-state index in [-0.39, 0.29) is 12.2 Å². The van der Waals surface area contributed by atoms with Crippen molar-refractivity contribution in [2.24, 2.45) is 0 Å². The Labute approximate surface area is 81.1 Å². The number of hydrogen-bond donors (Lipinski definition) is 1. The highest BCUT2D eigenvalue weighted by Gasteiger charge is 2.15. The molecule has 4 nitrogen and oxygen atoms in total. The Morgan fingerprint density at radius 1 is 1.36 bits per heavy atom. The minimum absolute atomic E-state index is 0.00440. The standard InChI is InChI=1S/C10H10O4/c1-14-10(13)9(12)6-7-4-2-3-5-8(7)11/h2-5,11H,6H2,1H3. The van der Waals surface area contributed by atoms with Crippen molar-refractivity contribution < 1.29 is 19.4 Å². The highest BCUT2D eigenvalue weighted by molar-refractivity contribution is 6.34. The van der Waals surface area contributed by atoms with Crippen molar-refractivity contribution in [2.45, 2.75) is 6.42 Å². The highest BCUT2D eigenvalue weighted by Crippen LogP contribution is 2.16. The van der Waals surface area contributed by atoms with Gasteiger partial charge in [0.15, 0.2) is 0 Å². The number of phenolic OH excluding ortho intramolecular Hbond substituents is 1. The number of rotatable bonds is 3. The zero-order valence-electron chi connectivity index (χ0n) is 7.69. The van der Waals surface area contributed by atoms with E-state index in [4.69, 9.17) is 0 Å². The average molecular weight is 194 g/mol. The molecule has 0 aromatic heterocycles. The van der Waals surface area contributed by atoms with Crippen LogP contribution in [0.2, 0.25) is 0 Å². The Hall–Kier alpha value is -1.84. The van der Waals surface area contributed by atoms with Gasteiger partial charge in [-0.05, 0) is 6.07 Å². The summed E-state index contributed by atoms with van der Waals surface area (Å²) >= 11 is 0. The Kier molecular flexibility index (Phi) is 3.23. The second-order valence-corrected chi connectivity index (χ2v) is 2.72. The van der Waals surface area contributed by atoms with Crippen LogP contribution in [0.1, 0.15) is 5.56 Å². The van der Waals surface area contributed by atoms with Gasteiger partial charge in [-0.15, -0.1) is 0 Å². The topological polar surface area (TPSA) is 63.6 Å². The third kappa shape index (κ3) is 2.32. The number of Topliss-reactive ketones (excluding diaryl/α,β-unsaturated/α-hetero) is 1. The maximum absolute atomic E-state index is 11.1. The van der Waals surface area contributed by atoms with Gasteiger partial charge in [0, 0.05) is 12.0 Å². The molecule has 0 saturated carbocycles. The van der Waals surface area contributed by atoms with Crippen molar-refractivity contribution in [3.8, 4) is 5.75 Å². The third-order valence-electron chi connectivity index (χ3n) is 1.76. The van der Waals surface area contributed by atoms with Crippen molar-refractivity contribution in [1.29, 1.82) is 0 Å². The monoisotopic (exact) mass is 194 g/mol. The number of phenols is 1. The van der Waals surface area contributed by atoms with Crippen LogP contribution in [0.25, 0.3) is 0 Å². The van der Waals surface area contributed by atoms with Crippen LogP contribution < -0.4 is 0 Å². The molecule has 1 aromatic carbocycles. The first-order chi connectivity index (χ1) is 6.65. The summed E-state index contributed by atoms with van der Waals surface area (Å²) in [6, 6.07) is 6.36. The molecular weight excluding hydrogens is 184 g/mol. The Morgan fingerprint density at radius 2 is 2.00 bits per heavy atom. The molecule has 4 heteroatoms. The van der Waals surface area contributed by atoms with Crippen LogP contribution in [0.4, 0.5) is 0 Å². The first-order valence-electron chi connectivity index (χ1n) is 4.03. The van der Waals surface area contributed by atoms with Crippen molar-refractivity contribution in [3.63, 3.8) is 0 Å². The van der Waals surface area contributed by atoms with E-state index in [1.807, 2.05) is 0 Å². The van der Waals surface area contributed by atoms with Crippen molar-refractivity contribution >= 4 is 11.8 Å². The highest BCUT2D eigenvalue weighted by atomic mass is 16.5. The minimum atomic E-state index is -0.895. The molecular formula is C10H10O4. The fourth-order valence-corrected chi connectivity index (χ4v) is 1.02. The third-order valence-corrected chi connectivity index (χ3v) is 1.76. The van der Waals surface area contributed by atoms with Gasteiger partial charge < -0.3 is 9.84 Å². The zero-order chi connectivity index (χ0) is 10.6. The second kappa shape index (κ2) is 4.41. The summed E-state index contributed by atoms with van der Waals surface area (Å²) < 4.78 is 4.25. The Balaban J connectivity index is 2.75. The zero-order valence-corrected chi connectivity index (χ0v) is 7.69. The Morgan fingerprint density at radius 3 is 2.57 bits per heavy atom. The number of aromatic hydroxyl groups is 1. The van der Waals surface area contributed by atoms with Crippen LogP contribution in [0.3, 0.4) is 0 Å². The lowest BCUT2D eigenvalue weighted by Gasteiger charge is -2.01. The molecule has 0 aliphatic heterocycles. The summed E-state index contributed by atoms with van der Waals surface area (Å²) in [5, 5.41) is 9.31. The largest absolute Gasteiger partial charge is 0.508 e. The van der Waals surface area contributed by atoms with E-state index in [1.54, 1.807) is 18.2 Å². The van der Waals surface area contributed by atoms with Crippen LogP contribution in [0.15, 0.2) is 24.3 Å². The van der Waals surface area contributed by atoms with Gasteiger partial charge in [-0.25, -0.2) is 4.79 Å². The molecule has 0 fully saturated rings. The lowest BCUT2D eigenvalue weighted by molar-refractivity contribution is -0.151. The molecule has 1 N–H and O–H groups in total. The number of ether oxygens (including phenoxy) is 1. The number of benzene rings is 1. The van der Waals surface area contributed by atoms with Gasteiger partial charge in [0.05, 0.1) is 7.11 Å². The van der Waals surface area contributed by atoms with E-state index in [2.05, 4.69) is 4.74 Å². The number of methoxy groups -OCH3 is 1. The molecule has 0 amide bonds. The summed E-state index contributed by atoms with van der Waals surface area (Å²) in [7, 11) is 1.14. The van der Waals surface area contributed by atoms with Crippen molar-refractivity contribution in [1.82, 2.24) is 0 Å². The molecule has 1 rings (SSSR count). The van der Waals surface area contributed by atoms with Gasteiger partial charge in [0.2, 0.25) is 5.78 Å². The average Bonchev–Trinajstić information content (AvgIpc) is 2.20. The molecule has 0 saturated heterocycles. The number of para-hydroxylation sites is 1. The summed E-state index contributed by atoms with van der Waals surface area (Å²) in [6.07, 6.45) is -0.140. The summed E-state index contributed by atoms with van der Waals surface area (Å²) in [6.45, 7) is 0. The molecule has 0 heterocycles. The summed E-state index contributed by atoms with van der Waals surface area (Å²) in [4.78, 5) is 21.9. The van der Waals surface area contributed by atoms with E-state index in [9.17, 15) is 14.7 Å². The lowest BCUT2D eigenvalue weighted by atomic mass is 10.1. The maximum Gasteiger partial charge on any atom is 0.374 e. The molecule has 74 valence electrons. The fourth-order valence-electron chi connectivity index (χ4n) is 1.02. The molecule has 0 unspecified atom stereocenters. The predicted molar refractivity (Wildman–Crippen MR) is 48.8 cm³/mol. The number of carbonyl (C=O) groups is 2. The van der Waals surface area contributed by atoms with Gasteiger partial charge in [0.1, 0.15) is 5.75 Å². The van der Waals surface area contributed by atoms with Gasteiger partial charge in [0.25, 0.3) is 0 Å². The molecule has 0 aliphatic carbocycles. The van der Waals surface area contributed by atoms with Crippen LogP contribution in [-0.4, -0.2) is 24.0 Å². The quantitative estimate of drug-likeness (QED) is 0.567. The number of ketones is 1. The van der Waals surface area contributed by atoms with Gasteiger partial charge in [-0.3, -0.25) is 4.79 Å². The number of hydrogen-bond acceptors (Lipinski definition) is 4. The van der Waals surface area contributed by atoms with Crippen molar-refractivity contribution in [3.05, 3.63) is 29.8 Å². The molecule has 14 heavy (non-hydrogen) atoms. The molecule has 1 aromatic rings. The normalized spacial score (nSPS) is 9.50. The molecule has 0 radical (unpaired) electrons. The first kappa shape index (κ1) is 10.2. The van der Waals surface area contributed by atoms with E-state index in [0.29, 0.717) is 5.56 Å². The smallest absolute Gasteiger partial charge is 0.374 e. The van der Waals surface area contributed by atoms with E-state index < -0.39 is 11.8 Å². The van der Waals surface area contributed by atoms with E-state index in [1.165, 1.54) is 6.07 Å². The predicted octanol–water partition coefficient (Wildman–Crippen LogP) is 0.677. The van der Waals surface area contributed by atoms with Crippen LogP contribution in [0, 0.1) is 0 Å². The second-order valence-electron chi connectivity index (χ2n) is 2.72. The van der Waals surface area contributed by atoms with Gasteiger partial charge in [-0.2, -0.15) is 0 Å². The van der Waals surface area contributed by atoms with E-state index in [0.717, 1.165) is 7.11 Å². The lowest BCUT2D eigenvalue weighted by Crippen LogP contribution is -2.17. The summed E-state index contributed by atoms with van der Waals surface area (Å²) in [5.41, 5.74) is 0.419. The Bertz CT molecular complexity index is 357. The first-order valence-corrected chi connectivity index (χ1v) is 4.03. The number of carbonyl (C=O) groups excluding carboxylic acids is 2. The molecule has 0 bridgehead atoms.